The van der Waals surface area contributed by atoms with Crippen LogP contribution in [-0.2, 0) is 6.54 Å². The van der Waals surface area contributed by atoms with Gasteiger partial charge in [0, 0.05) is 20.1 Å². The first kappa shape index (κ1) is 12.7. The summed E-state index contributed by atoms with van der Waals surface area (Å²) in [6, 6.07) is 4.29. The summed E-state index contributed by atoms with van der Waals surface area (Å²) in [5.41, 5.74) is 5.79. The van der Waals surface area contributed by atoms with E-state index >= 15 is 0 Å². The van der Waals surface area contributed by atoms with E-state index in [1.807, 2.05) is 31.1 Å². The zero-order valence-electron chi connectivity index (χ0n) is 11.7. The van der Waals surface area contributed by atoms with E-state index in [2.05, 4.69) is 19.9 Å². The molecule has 1 saturated carbocycles. The van der Waals surface area contributed by atoms with Crippen LogP contribution in [0.3, 0.4) is 0 Å². The van der Waals surface area contributed by atoms with Gasteiger partial charge in [-0.15, -0.1) is 0 Å². The largest absolute Gasteiger partial charge is 0.467 e. The molecule has 0 aliphatic heterocycles. The first-order valence-electron chi connectivity index (χ1n) is 6.61. The van der Waals surface area contributed by atoms with E-state index in [0.717, 1.165) is 18.6 Å². The molecule has 0 aromatic carbocycles. The Balaban J connectivity index is 1.91. The van der Waals surface area contributed by atoms with Crippen molar-refractivity contribution in [1.82, 2.24) is 15.0 Å². The Morgan fingerprint density at radius 2 is 2.00 bits per heavy atom. The smallest absolute Gasteiger partial charge is 0.232 e. The molecule has 0 radical (unpaired) electrons. The summed E-state index contributed by atoms with van der Waals surface area (Å²) in [6.07, 6.45) is 3.96. The fraction of sp³-hybridized carbons (Fsp3) is 0.462. The van der Waals surface area contributed by atoms with Gasteiger partial charge in [-0.3, -0.25) is 0 Å². The number of nitrogens with two attached hydrogens (primary N) is 1. The molecule has 1 aliphatic rings. The molecule has 7 nitrogen and oxygen atoms in total. The highest BCUT2D eigenvalue weighted by Gasteiger charge is 2.32. The number of hydrogen-bond donors (Lipinski definition) is 1. The minimum atomic E-state index is 0.240. The Labute approximate surface area is 117 Å². The molecule has 2 aromatic rings. The molecule has 1 fully saturated rings. The van der Waals surface area contributed by atoms with Gasteiger partial charge in [0.25, 0.3) is 0 Å². The second-order valence-electron chi connectivity index (χ2n) is 5.13. The van der Waals surface area contributed by atoms with Gasteiger partial charge in [0.2, 0.25) is 17.8 Å². The highest BCUT2D eigenvalue weighted by atomic mass is 16.3. The fourth-order valence-electron chi connectivity index (χ4n) is 2.02. The van der Waals surface area contributed by atoms with Crippen molar-refractivity contribution in [3.8, 4) is 0 Å². The van der Waals surface area contributed by atoms with Crippen LogP contribution in [0.25, 0.3) is 0 Å². The monoisotopic (exact) mass is 274 g/mol. The van der Waals surface area contributed by atoms with Crippen molar-refractivity contribution >= 4 is 17.8 Å². The molecule has 2 heterocycles. The third kappa shape index (κ3) is 2.66. The first-order chi connectivity index (χ1) is 9.63. The summed E-state index contributed by atoms with van der Waals surface area (Å²) in [6.45, 7) is 0.647. The van der Waals surface area contributed by atoms with Crippen LogP contribution < -0.4 is 15.5 Å². The van der Waals surface area contributed by atoms with Crippen LogP contribution in [0.1, 0.15) is 18.6 Å². The summed E-state index contributed by atoms with van der Waals surface area (Å²) < 4.78 is 5.42. The molecule has 7 heteroatoms. The molecular weight excluding hydrogens is 256 g/mol. The maximum Gasteiger partial charge on any atom is 0.232 e. The van der Waals surface area contributed by atoms with E-state index in [0.29, 0.717) is 24.5 Å². The number of aromatic nitrogens is 3. The molecule has 0 spiro atoms. The molecule has 2 aromatic heterocycles. The maximum atomic E-state index is 5.79. The Hall–Kier alpha value is -2.31. The van der Waals surface area contributed by atoms with Gasteiger partial charge >= 0.3 is 0 Å². The number of furan rings is 1. The third-order valence-electron chi connectivity index (χ3n) is 3.18. The Morgan fingerprint density at radius 3 is 2.60 bits per heavy atom. The molecule has 0 atom stereocenters. The summed E-state index contributed by atoms with van der Waals surface area (Å²) in [5.74, 6) is 2.31. The predicted octanol–water partition coefficient (Wildman–Crippen LogP) is 1.28. The number of nitrogen functional groups attached to an aromatic ring is 1. The molecule has 0 bridgehead atoms. The quantitative estimate of drug-likeness (QED) is 0.879. The molecule has 2 N–H and O–H groups in total. The third-order valence-corrected chi connectivity index (χ3v) is 3.18. The molecule has 106 valence electrons. The molecule has 0 amide bonds. The zero-order valence-corrected chi connectivity index (χ0v) is 11.7. The number of nitrogens with zero attached hydrogens (tertiary/aromatic N) is 5. The lowest BCUT2D eigenvalue weighted by Gasteiger charge is -2.22. The second kappa shape index (κ2) is 4.99. The summed E-state index contributed by atoms with van der Waals surface area (Å²) in [5, 5.41) is 0. The standard InChI is InChI=1S/C13H18N6O/c1-18(2)12-15-11(14)16-13(17-12)19(9-5-6-9)8-10-4-3-7-20-10/h3-4,7,9H,5-6,8H2,1-2H3,(H2,14,15,16,17). The van der Waals surface area contributed by atoms with Gasteiger partial charge in [-0.25, -0.2) is 0 Å². The Kier molecular flexibility index (Phi) is 3.17. The van der Waals surface area contributed by atoms with Gasteiger partial charge < -0.3 is 20.0 Å². The van der Waals surface area contributed by atoms with E-state index in [-0.39, 0.29) is 5.95 Å². The van der Waals surface area contributed by atoms with Gasteiger partial charge in [0.15, 0.2) is 0 Å². The number of hydrogen-bond acceptors (Lipinski definition) is 7. The lowest BCUT2D eigenvalue weighted by Crippen LogP contribution is -2.28. The Morgan fingerprint density at radius 1 is 1.25 bits per heavy atom. The minimum absolute atomic E-state index is 0.240. The second-order valence-corrected chi connectivity index (χ2v) is 5.13. The molecule has 0 unspecified atom stereocenters. The van der Waals surface area contributed by atoms with Gasteiger partial charge in [0.05, 0.1) is 12.8 Å². The Bertz CT molecular complexity index is 579. The van der Waals surface area contributed by atoms with Crippen LogP contribution >= 0.6 is 0 Å². The van der Waals surface area contributed by atoms with Gasteiger partial charge in [-0.2, -0.15) is 15.0 Å². The zero-order chi connectivity index (χ0) is 14.1. The van der Waals surface area contributed by atoms with Crippen molar-refractivity contribution in [3.63, 3.8) is 0 Å². The van der Waals surface area contributed by atoms with E-state index < -0.39 is 0 Å². The van der Waals surface area contributed by atoms with Gasteiger partial charge in [0.1, 0.15) is 5.76 Å². The van der Waals surface area contributed by atoms with E-state index in [1.54, 1.807) is 6.26 Å². The van der Waals surface area contributed by atoms with Crippen molar-refractivity contribution in [3.05, 3.63) is 24.2 Å². The highest BCUT2D eigenvalue weighted by molar-refractivity contribution is 5.44. The average Bonchev–Trinajstić information content (AvgIpc) is 3.12. The number of anilines is 3. The lowest BCUT2D eigenvalue weighted by molar-refractivity contribution is 0.499. The van der Waals surface area contributed by atoms with Crippen LogP contribution in [0.4, 0.5) is 17.8 Å². The lowest BCUT2D eigenvalue weighted by atomic mass is 10.4. The van der Waals surface area contributed by atoms with Crippen LogP contribution in [0.15, 0.2) is 22.8 Å². The van der Waals surface area contributed by atoms with Crippen molar-refractivity contribution in [1.29, 1.82) is 0 Å². The van der Waals surface area contributed by atoms with Crippen LogP contribution in [0.2, 0.25) is 0 Å². The topological polar surface area (TPSA) is 84.3 Å². The van der Waals surface area contributed by atoms with Crippen molar-refractivity contribution in [2.75, 3.05) is 29.6 Å². The molecule has 0 saturated heterocycles. The van der Waals surface area contributed by atoms with E-state index in [9.17, 15) is 0 Å². The molecule has 20 heavy (non-hydrogen) atoms. The predicted molar refractivity (Wildman–Crippen MR) is 76.5 cm³/mol. The van der Waals surface area contributed by atoms with Crippen molar-refractivity contribution < 1.29 is 4.42 Å². The maximum absolute atomic E-state index is 5.79. The number of rotatable bonds is 5. The highest BCUT2D eigenvalue weighted by Crippen LogP contribution is 2.32. The molecular formula is C13H18N6O. The summed E-state index contributed by atoms with van der Waals surface area (Å²) in [7, 11) is 3.76. The van der Waals surface area contributed by atoms with Gasteiger partial charge in [-0.05, 0) is 25.0 Å². The molecule has 3 rings (SSSR count). The molecule has 1 aliphatic carbocycles. The summed E-state index contributed by atoms with van der Waals surface area (Å²) in [4.78, 5) is 16.8. The van der Waals surface area contributed by atoms with E-state index in [4.69, 9.17) is 10.2 Å². The van der Waals surface area contributed by atoms with Crippen LogP contribution in [0, 0.1) is 0 Å². The van der Waals surface area contributed by atoms with Crippen molar-refractivity contribution in [2.45, 2.75) is 25.4 Å². The first-order valence-corrected chi connectivity index (χ1v) is 6.61. The van der Waals surface area contributed by atoms with Gasteiger partial charge in [-0.1, -0.05) is 0 Å². The van der Waals surface area contributed by atoms with Crippen LogP contribution in [-0.4, -0.2) is 35.1 Å². The average molecular weight is 274 g/mol. The van der Waals surface area contributed by atoms with E-state index in [1.165, 1.54) is 0 Å². The fourth-order valence-corrected chi connectivity index (χ4v) is 2.02. The summed E-state index contributed by atoms with van der Waals surface area (Å²) >= 11 is 0. The normalized spacial score (nSPS) is 14.3. The van der Waals surface area contributed by atoms with Crippen molar-refractivity contribution in [2.24, 2.45) is 0 Å². The SMILES string of the molecule is CN(C)c1nc(N)nc(N(Cc2ccco2)C2CC2)n1. The van der Waals surface area contributed by atoms with Crippen LogP contribution in [0.5, 0.6) is 0 Å². The minimum Gasteiger partial charge on any atom is -0.467 e.